The van der Waals surface area contributed by atoms with E-state index in [0.717, 1.165) is 25.7 Å². The fraction of sp³-hybridized carbons (Fsp3) is 0.480. The van der Waals surface area contributed by atoms with E-state index >= 15 is 0 Å². The first-order chi connectivity index (χ1) is 16.8. The van der Waals surface area contributed by atoms with Crippen LogP contribution in [-0.4, -0.2) is 60.5 Å². The molecule has 0 bridgehead atoms. The number of hydrogen-bond acceptors (Lipinski definition) is 9. The van der Waals surface area contributed by atoms with Crippen LogP contribution in [0.15, 0.2) is 24.3 Å². The smallest absolute Gasteiger partial charge is 0.340 e. The quantitative estimate of drug-likeness (QED) is 0.283. The molecule has 0 saturated carbocycles. The summed E-state index contributed by atoms with van der Waals surface area (Å²) in [5.41, 5.74) is 1.17. The Morgan fingerprint density at radius 1 is 1.00 bits per heavy atom. The summed E-state index contributed by atoms with van der Waals surface area (Å²) in [4.78, 5) is 41.9. The number of ether oxygens (including phenoxy) is 4. The number of rotatable bonds is 8. The van der Waals surface area contributed by atoms with Crippen molar-refractivity contribution < 1.29 is 33.5 Å². The lowest BCUT2D eigenvalue weighted by Gasteiger charge is -2.19. The Balaban J connectivity index is 0.00000361. The number of halogens is 1. The monoisotopic (exact) mass is 520 g/mol. The van der Waals surface area contributed by atoms with E-state index < -0.39 is 16.9 Å². The molecule has 0 radical (unpaired) electrons. The lowest BCUT2D eigenvalue weighted by molar-refractivity contribution is -0.384. The van der Waals surface area contributed by atoms with Crippen molar-refractivity contribution in [3.05, 3.63) is 56.9 Å². The largest absolute Gasteiger partial charge is 0.459 e. The number of carbonyl (C=O) groups excluding carboxylic acids is 2. The second kappa shape index (κ2) is 12.2. The number of carbonyl (C=O) groups is 2. The summed E-state index contributed by atoms with van der Waals surface area (Å²) >= 11 is 0. The summed E-state index contributed by atoms with van der Waals surface area (Å²) in [6.45, 7) is 4.65. The van der Waals surface area contributed by atoms with E-state index in [1.54, 1.807) is 19.9 Å². The van der Waals surface area contributed by atoms with Gasteiger partial charge in [-0.1, -0.05) is 12.1 Å². The van der Waals surface area contributed by atoms with Gasteiger partial charge in [0.2, 0.25) is 0 Å². The summed E-state index contributed by atoms with van der Waals surface area (Å²) < 4.78 is 22.1. The Hall–Kier alpha value is -3.08. The van der Waals surface area contributed by atoms with Gasteiger partial charge in [0.25, 0.3) is 5.69 Å². The molecule has 4 rings (SSSR count). The molecule has 1 aromatic carbocycles. The van der Waals surface area contributed by atoms with E-state index in [-0.39, 0.29) is 60.2 Å². The standard InChI is InChI=1S/C25H28N2O8.ClH/c1-15-21(24(28)34-13-19-8-4-10-32-19)23(17-6-3-7-18(12-17)27(30)31)22(16(2)26-15)25(29)35-14-20-9-5-11-33-20;/h3,6-7,12,19-20H,4-5,8-11,13-14H2,1-2H3;1H. The molecule has 2 aliphatic rings. The van der Waals surface area contributed by atoms with Crippen molar-refractivity contribution in [3.8, 4) is 11.1 Å². The van der Waals surface area contributed by atoms with Gasteiger partial charge in [0.1, 0.15) is 13.2 Å². The van der Waals surface area contributed by atoms with Crippen LogP contribution in [0.1, 0.15) is 57.8 Å². The number of hydrogen-bond donors (Lipinski definition) is 0. The first kappa shape index (κ1) is 27.5. The lowest BCUT2D eigenvalue weighted by atomic mass is 9.92. The molecule has 10 nitrogen and oxygen atoms in total. The van der Waals surface area contributed by atoms with Crippen LogP contribution in [-0.2, 0) is 18.9 Å². The summed E-state index contributed by atoms with van der Waals surface area (Å²) in [5.74, 6) is -1.36. The number of benzene rings is 1. The van der Waals surface area contributed by atoms with Crippen molar-refractivity contribution in [3.63, 3.8) is 0 Å². The van der Waals surface area contributed by atoms with Crippen LogP contribution in [0.2, 0.25) is 0 Å². The predicted molar refractivity (Wildman–Crippen MR) is 132 cm³/mol. The Labute approximate surface area is 214 Å². The minimum Gasteiger partial charge on any atom is -0.459 e. The summed E-state index contributed by atoms with van der Waals surface area (Å²) in [6, 6.07) is 5.77. The third kappa shape index (κ3) is 6.18. The SMILES string of the molecule is Cc1nc(C)c(C(=O)OCC2CCCO2)c(-c2cccc([N+](=O)[O-])c2)c1C(=O)OCC1CCCO1.Cl. The number of nitro groups is 1. The lowest BCUT2D eigenvalue weighted by Crippen LogP contribution is -2.23. The maximum Gasteiger partial charge on any atom is 0.340 e. The number of non-ortho nitro benzene ring substituents is 1. The third-order valence-electron chi connectivity index (χ3n) is 6.16. The third-order valence-corrected chi connectivity index (χ3v) is 6.16. The van der Waals surface area contributed by atoms with E-state index in [0.29, 0.717) is 30.2 Å². The predicted octanol–water partition coefficient (Wildman–Crippen LogP) is 4.37. The topological polar surface area (TPSA) is 127 Å². The Morgan fingerprint density at radius 3 is 1.97 bits per heavy atom. The molecule has 3 heterocycles. The van der Waals surface area contributed by atoms with Gasteiger partial charge in [-0.3, -0.25) is 15.1 Å². The molecule has 2 atom stereocenters. The number of nitrogens with zero attached hydrogens (tertiary/aromatic N) is 2. The second-order valence-corrected chi connectivity index (χ2v) is 8.68. The van der Waals surface area contributed by atoms with Crippen LogP contribution < -0.4 is 0 Å². The molecule has 36 heavy (non-hydrogen) atoms. The highest BCUT2D eigenvalue weighted by molar-refractivity contribution is 6.07. The Bertz CT molecular complexity index is 1070. The maximum atomic E-state index is 13.3. The van der Waals surface area contributed by atoms with Crippen molar-refractivity contribution in [2.24, 2.45) is 0 Å². The molecule has 2 aromatic rings. The molecule has 0 N–H and O–H groups in total. The molecule has 2 aliphatic heterocycles. The van der Waals surface area contributed by atoms with Crippen LogP contribution in [0.4, 0.5) is 5.69 Å². The molecule has 1 aromatic heterocycles. The average molecular weight is 521 g/mol. The molecule has 0 amide bonds. The maximum absolute atomic E-state index is 13.3. The minimum atomic E-state index is -0.680. The molecule has 194 valence electrons. The summed E-state index contributed by atoms with van der Waals surface area (Å²) in [7, 11) is 0. The molecular formula is C25H29ClN2O8. The van der Waals surface area contributed by atoms with E-state index in [1.165, 1.54) is 18.2 Å². The Kier molecular flexibility index (Phi) is 9.36. The fourth-order valence-electron chi connectivity index (χ4n) is 4.45. The highest BCUT2D eigenvalue weighted by Gasteiger charge is 2.30. The first-order valence-corrected chi connectivity index (χ1v) is 11.7. The zero-order valence-corrected chi connectivity index (χ0v) is 21.0. The van der Waals surface area contributed by atoms with Gasteiger partial charge in [0, 0.05) is 30.9 Å². The molecular weight excluding hydrogens is 492 g/mol. The van der Waals surface area contributed by atoms with E-state index in [2.05, 4.69) is 4.98 Å². The number of aryl methyl sites for hydroxylation is 2. The second-order valence-electron chi connectivity index (χ2n) is 8.68. The van der Waals surface area contributed by atoms with Gasteiger partial charge in [-0.2, -0.15) is 0 Å². The normalized spacial score (nSPS) is 18.9. The van der Waals surface area contributed by atoms with E-state index in [4.69, 9.17) is 18.9 Å². The highest BCUT2D eigenvalue weighted by atomic mass is 35.5. The van der Waals surface area contributed by atoms with Gasteiger partial charge in [-0.25, -0.2) is 9.59 Å². The van der Waals surface area contributed by atoms with Crippen molar-refractivity contribution >= 4 is 30.0 Å². The van der Waals surface area contributed by atoms with E-state index in [1.807, 2.05) is 0 Å². The minimum absolute atomic E-state index is 0. The first-order valence-electron chi connectivity index (χ1n) is 11.7. The van der Waals surface area contributed by atoms with Crippen molar-refractivity contribution in [2.45, 2.75) is 51.7 Å². The summed E-state index contributed by atoms with van der Waals surface area (Å²) in [5, 5.41) is 11.4. The molecule has 0 aliphatic carbocycles. The number of aromatic nitrogens is 1. The van der Waals surface area contributed by atoms with Crippen LogP contribution in [0.3, 0.4) is 0 Å². The van der Waals surface area contributed by atoms with Gasteiger partial charge in [-0.05, 0) is 45.1 Å². The van der Waals surface area contributed by atoms with Crippen molar-refractivity contribution in [1.82, 2.24) is 4.98 Å². The molecule has 11 heteroatoms. The number of nitro benzene ring substituents is 1. The van der Waals surface area contributed by atoms with Crippen molar-refractivity contribution in [2.75, 3.05) is 26.4 Å². The van der Waals surface area contributed by atoms with Crippen LogP contribution in [0.5, 0.6) is 0 Å². The van der Waals surface area contributed by atoms with Crippen molar-refractivity contribution in [1.29, 1.82) is 0 Å². The molecule has 0 spiro atoms. The fourth-order valence-corrected chi connectivity index (χ4v) is 4.45. The Morgan fingerprint density at radius 2 is 1.53 bits per heavy atom. The van der Waals surface area contributed by atoms with Gasteiger partial charge >= 0.3 is 11.9 Å². The summed E-state index contributed by atoms with van der Waals surface area (Å²) in [6.07, 6.45) is 3.00. The zero-order chi connectivity index (χ0) is 24.9. The van der Waals surface area contributed by atoms with Gasteiger partial charge in [0.15, 0.2) is 0 Å². The van der Waals surface area contributed by atoms with Gasteiger partial charge < -0.3 is 18.9 Å². The number of pyridine rings is 1. The van der Waals surface area contributed by atoms with Gasteiger partial charge in [-0.15, -0.1) is 12.4 Å². The van der Waals surface area contributed by atoms with Crippen LogP contribution >= 0.6 is 12.4 Å². The van der Waals surface area contributed by atoms with Gasteiger partial charge in [0.05, 0.1) is 39.6 Å². The molecule has 2 fully saturated rings. The molecule has 2 unspecified atom stereocenters. The molecule has 2 saturated heterocycles. The van der Waals surface area contributed by atoms with Crippen LogP contribution in [0.25, 0.3) is 11.1 Å². The average Bonchev–Trinajstić information content (AvgIpc) is 3.55. The zero-order valence-electron chi connectivity index (χ0n) is 20.2. The number of esters is 2. The van der Waals surface area contributed by atoms with E-state index in [9.17, 15) is 19.7 Å². The highest BCUT2D eigenvalue weighted by Crippen LogP contribution is 2.34. The van der Waals surface area contributed by atoms with Crippen LogP contribution in [0, 0.1) is 24.0 Å².